The Kier molecular flexibility index (Phi) is 7.39. The maximum atomic E-state index is 12.4. The highest BCUT2D eigenvalue weighted by Crippen LogP contribution is 2.18. The standard InChI is InChI=1S/C20H22N6O3S/c1-3-26-17(12-22-19(28)14-6-4-8-16(10-14)29-2)24-25-20(26)30-13-18(27)23-15-7-5-9-21-11-15/h4-11H,3,12-13H2,1-2H3,(H,22,28)(H,23,27). The molecule has 0 bridgehead atoms. The Labute approximate surface area is 178 Å². The molecule has 3 rings (SSSR count). The molecule has 0 atom stereocenters. The lowest BCUT2D eigenvalue weighted by atomic mass is 10.2. The first-order valence-corrected chi connectivity index (χ1v) is 10.3. The van der Waals surface area contributed by atoms with Crippen LogP contribution in [0.3, 0.4) is 0 Å². The summed E-state index contributed by atoms with van der Waals surface area (Å²) in [6, 6.07) is 10.4. The highest BCUT2D eigenvalue weighted by Gasteiger charge is 2.15. The van der Waals surface area contributed by atoms with Crippen molar-refractivity contribution in [2.24, 2.45) is 0 Å². The normalized spacial score (nSPS) is 10.5. The molecular weight excluding hydrogens is 404 g/mol. The summed E-state index contributed by atoms with van der Waals surface area (Å²) in [6.45, 7) is 2.79. The number of carbonyl (C=O) groups is 2. The lowest BCUT2D eigenvalue weighted by molar-refractivity contribution is -0.113. The number of pyridine rings is 1. The van der Waals surface area contributed by atoms with Gasteiger partial charge in [0.25, 0.3) is 5.91 Å². The molecule has 156 valence electrons. The summed E-state index contributed by atoms with van der Waals surface area (Å²) in [6.07, 6.45) is 3.23. The number of nitrogens with one attached hydrogen (secondary N) is 2. The number of hydrogen-bond donors (Lipinski definition) is 2. The number of hydrogen-bond acceptors (Lipinski definition) is 7. The molecule has 2 N–H and O–H groups in total. The van der Waals surface area contributed by atoms with Crippen LogP contribution in [-0.2, 0) is 17.9 Å². The Morgan fingerprint density at radius 2 is 2.07 bits per heavy atom. The monoisotopic (exact) mass is 426 g/mol. The molecule has 10 heteroatoms. The zero-order valence-electron chi connectivity index (χ0n) is 16.7. The third kappa shape index (κ3) is 5.57. The van der Waals surface area contributed by atoms with Crippen molar-refractivity contribution in [3.05, 3.63) is 60.2 Å². The van der Waals surface area contributed by atoms with E-state index in [1.165, 1.54) is 11.8 Å². The molecular formula is C20H22N6O3S. The number of carbonyl (C=O) groups excluding carboxylic acids is 2. The predicted octanol–water partition coefficient (Wildman–Crippen LogP) is 2.36. The summed E-state index contributed by atoms with van der Waals surface area (Å²) in [5.41, 5.74) is 1.14. The topological polar surface area (TPSA) is 111 Å². The maximum absolute atomic E-state index is 12.4. The summed E-state index contributed by atoms with van der Waals surface area (Å²) >= 11 is 1.28. The minimum atomic E-state index is -0.232. The van der Waals surface area contributed by atoms with Gasteiger partial charge in [-0.3, -0.25) is 14.6 Å². The molecule has 0 unspecified atom stereocenters. The molecule has 30 heavy (non-hydrogen) atoms. The number of methoxy groups -OCH3 is 1. The van der Waals surface area contributed by atoms with Crippen molar-refractivity contribution < 1.29 is 14.3 Å². The summed E-state index contributed by atoms with van der Waals surface area (Å²) < 4.78 is 7.01. The number of ether oxygens (including phenoxy) is 1. The van der Waals surface area contributed by atoms with E-state index < -0.39 is 0 Å². The molecule has 0 spiro atoms. The van der Waals surface area contributed by atoms with Gasteiger partial charge in [-0.05, 0) is 37.3 Å². The van der Waals surface area contributed by atoms with Crippen molar-refractivity contribution in [3.63, 3.8) is 0 Å². The van der Waals surface area contributed by atoms with Crippen molar-refractivity contribution in [1.82, 2.24) is 25.1 Å². The van der Waals surface area contributed by atoms with Gasteiger partial charge < -0.3 is 19.9 Å². The highest BCUT2D eigenvalue weighted by molar-refractivity contribution is 7.99. The second-order valence-corrected chi connectivity index (χ2v) is 7.08. The van der Waals surface area contributed by atoms with Crippen LogP contribution in [0.25, 0.3) is 0 Å². The van der Waals surface area contributed by atoms with Crippen LogP contribution in [0.15, 0.2) is 53.9 Å². The third-order valence-corrected chi connectivity index (χ3v) is 5.09. The number of rotatable bonds is 9. The fourth-order valence-electron chi connectivity index (χ4n) is 2.66. The second kappa shape index (κ2) is 10.4. The molecule has 0 aliphatic carbocycles. The van der Waals surface area contributed by atoms with Crippen molar-refractivity contribution in [3.8, 4) is 5.75 Å². The van der Waals surface area contributed by atoms with Gasteiger partial charge in [0.05, 0.1) is 31.3 Å². The minimum absolute atomic E-state index is 0.161. The minimum Gasteiger partial charge on any atom is -0.497 e. The molecule has 3 aromatic rings. The first kappa shape index (κ1) is 21.3. The molecule has 2 heterocycles. The van der Waals surface area contributed by atoms with Crippen molar-refractivity contribution in [1.29, 1.82) is 0 Å². The van der Waals surface area contributed by atoms with Crippen LogP contribution in [0, 0.1) is 0 Å². The molecule has 2 aromatic heterocycles. The predicted molar refractivity (Wildman–Crippen MR) is 113 cm³/mol. The fraction of sp³-hybridized carbons (Fsp3) is 0.250. The fourth-order valence-corrected chi connectivity index (χ4v) is 3.49. The number of anilines is 1. The first-order valence-electron chi connectivity index (χ1n) is 9.27. The second-order valence-electron chi connectivity index (χ2n) is 6.14. The van der Waals surface area contributed by atoms with Crippen molar-refractivity contribution in [2.75, 3.05) is 18.2 Å². The lowest BCUT2D eigenvalue weighted by Crippen LogP contribution is -2.24. The van der Waals surface area contributed by atoms with Gasteiger partial charge in [0.15, 0.2) is 11.0 Å². The molecule has 0 saturated carbocycles. The number of amides is 2. The van der Waals surface area contributed by atoms with E-state index >= 15 is 0 Å². The maximum Gasteiger partial charge on any atom is 0.251 e. The van der Waals surface area contributed by atoms with Gasteiger partial charge in [-0.25, -0.2) is 0 Å². The Morgan fingerprint density at radius 3 is 2.80 bits per heavy atom. The third-order valence-electron chi connectivity index (χ3n) is 4.13. The van der Waals surface area contributed by atoms with E-state index in [1.54, 1.807) is 55.9 Å². The van der Waals surface area contributed by atoms with Gasteiger partial charge in [0.1, 0.15) is 5.75 Å². The van der Waals surface area contributed by atoms with E-state index in [0.29, 0.717) is 34.5 Å². The van der Waals surface area contributed by atoms with E-state index in [0.717, 1.165) is 0 Å². The Balaban J connectivity index is 1.57. The molecule has 0 saturated heterocycles. The van der Waals surface area contributed by atoms with Gasteiger partial charge in [0, 0.05) is 18.3 Å². The zero-order chi connectivity index (χ0) is 21.3. The van der Waals surface area contributed by atoms with Gasteiger partial charge in [0.2, 0.25) is 5.91 Å². The molecule has 1 aromatic carbocycles. The number of aromatic nitrogens is 4. The van der Waals surface area contributed by atoms with Crippen LogP contribution >= 0.6 is 11.8 Å². The Morgan fingerprint density at radius 1 is 1.20 bits per heavy atom. The smallest absolute Gasteiger partial charge is 0.251 e. The molecule has 0 aliphatic rings. The van der Waals surface area contributed by atoms with Crippen molar-refractivity contribution >= 4 is 29.3 Å². The van der Waals surface area contributed by atoms with E-state index in [1.807, 2.05) is 11.5 Å². The van der Waals surface area contributed by atoms with Gasteiger partial charge >= 0.3 is 0 Å². The summed E-state index contributed by atoms with van der Waals surface area (Å²) in [5.74, 6) is 1.02. The van der Waals surface area contributed by atoms with Crippen molar-refractivity contribution in [2.45, 2.75) is 25.2 Å². The average molecular weight is 427 g/mol. The quantitative estimate of drug-likeness (QED) is 0.505. The Hall–Kier alpha value is -3.40. The van der Waals surface area contributed by atoms with Crippen LogP contribution in [0.1, 0.15) is 23.1 Å². The largest absolute Gasteiger partial charge is 0.497 e. The van der Waals surface area contributed by atoms with Gasteiger partial charge in [-0.1, -0.05) is 17.8 Å². The van der Waals surface area contributed by atoms with E-state index in [-0.39, 0.29) is 24.1 Å². The number of nitrogens with zero attached hydrogens (tertiary/aromatic N) is 4. The highest BCUT2D eigenvalue weighted by atomic mass is 32.2. The van der Waals surface area contributed by atoms with E-state index in [4.69, 9.17) is 4.74 Å². The molecule has 2 amide bonds. The van der Waals surface area contributed by atoms with Crippen LogP contribution in [0.5, 0.6) is 5.75 Å². The first-order chi connectivity index (χ1) is 14.6. The number of thioether (sulfide) groups is 1. The van der Waals surface area contributed by atoms with E-state index in [2.05, 4.69) is 25.8 Å². The summed E-state index contributed by atoms with van der Waals surface area (Å²) in [4.78, 5) is 28.5. The zero-order valence-corrected chi connectivity index (χ0v) is 17.5. The van der Waals surface area contributed by atoms with Crippen LogP contribution in [-0.4, -0.2) is 44.4 Å². The average Bonchev–Trinajstić information content (AvgIpc) is 3.18. The lowest BCUT2D eigenvalue weighted by Gasteiger charge is -2.09. The van der Waals surface area contributed by atoms with Gasteiger partial charge in [-0.15, -0.1) is 10.2 Å². The van der Waals surface area contributed by atoms with Crippen LogP contribution < -0.4 is 15.4 Å². The van der Waals surface area contributed by atoms with Crippen LogP contribution in [0.4, 0.5) is 5.69 Å². The number of benzene rings is 1. The molecule has 0 fully saturated rings. The van der Waals surface area contributed by atoms with Gasteiger partial charge in [-0.2, -0.15) is 0 Å². The Bertz CT molecular complexity index is 1010. The van der Waals surface area contributed by atoms with Crippen LogP contribution in [0.2, 0.25) is 0 Å². The molecule has 0 aliphatic heterocycles. The SMILES string of the molecule is CCn1c(CNC(=O)c2cccc(OC)c2)nnc1SCC(=O)Nc1cccnc1. The van der Waals surface area contributed by atoms with E-state index in [9.17, 15) is 9.59 Å². The molecule has 9 nitrogen and oxygen atoms in total. The summed E-state index contributed by atoms with van der Waals surface area (Å²) in [5, 5.41) is 14.5. The summed E-state index contributed by atoms with van der Waals surface area (Å²) in [7, 11) is 1.55. The molecule has 0 radical (unpaired) electrons.